The first kappa shape index (κ1) is 12.3. The molecule has 94 valence electrons. The Morgan fingerprint density at radius 2 is 2.12 bits per heavy atom. The standard InChI is InChI=1S/C13H20FN3/c1-13(2,3)16-7-9-6-10(14)8-15-12(9)17-11-4-5-11/h6,8,11,16H,4-5,7H2,1-3H3,(H,15,17). The van der Waals surface area contributed by atoms with Crippen LogP contribution in [0.4, 0.5) is 10.2 Å². The van der Waals surface area contributed by atoms with E-state index in [2.05, 4.69) is 36.4 Å². The normalized spacial score (nSPS) is 16.0. The minimum atomic E-state index is -0.281. The highest BCUT2D eigenvalue weighted by Gasteiger charge is 2.23. The average molecular weight is 237 g/mol. The number of nitrogens with zero attached hydrogens (tertiary/aromatic N) is 1. The molecular weight excluding hydrogens is 217 g/mol. The number of hydrogen-bond donors (Lipinski definition) is 2. The van der Waals surface area contributed by atoms with Crippen LogP contribution in [0, 0.1) is 5.82 Å². The Morgan fingerprint density at radius 1 is 1.41 bits per heavy atom. The molecule has 0 bridgehead atoms. The molecule has 1 aliphatic rings. The number of rotatable bonds is 4. The fourth-order valence-electron chi connectivity index (χ4n) is 1.53. The molecular formula is C13H20FN3. The van der Waals surface area contributed by atoms with E-state index >= 15 is 0 Å². The number of aromatic nitrogens is 1. The first-order valence-corrected chi connectivity index (χ1v) is 6.10. The predicted molar refractivity (Wildman–Crippen MR) is 67.4 cm³/mol. The van der Waals surface area contributed by atoms with Crippen molar-refractivity contribution in [2.75, 3.05) is 5.32 Å². The Balaban J connectivity index is 2.08. The molecule has 3 nitrogen and oxygen atoms in total. The van der Waals surface area contributed by atoms with Gasteiger partial charge in [0.2, 0.25) is 0 Å². The van der Waals surface area contributed by atoms with Gasteiger partial charge in [0.15, 0.2) is 0 Å². The zero-order chi connectivity index (χ0) is 12.5. The number of hydrogen-bond acceptors (Lipinski definition) is 3. The SMILES string of the molecule is CC(C)(C)NCc1cc(F)cnc1NC1CC1. The predicted octanol–water partition coefficient (Wildman–Crippen LogP) is 2.68. The van der Waals surface area contributed by atoms with Gasteiger partial charge < -0.3 is 10.6 Å². The maximum absolute atomic E-state index is 13.2. The molecule has 1 fully saturated rings. The van der Waals surface area contributed by atoms with Gasteiger partial charge in [0.25, 0.3) is 0 Å². The minimum absolute atomic E-state index is 0.0170. The molecule has 1 heterocycles. The third-order valence-corrected chi connectivity index (χ3v) is 2.66. The molecule has 1 saturated carbocycles. The van der Waals surface area contributed by atoms with Crippen LogP contribution < -0.4 is 10.6 Å². The van der Waals surface area contributed by atoms with Gasteiger partial charge in [0.1, 0.15) is 11.6 Å². The molecule has 0 spiro atoms. The average Bonchev–Trinajstić information content (AvgIpc) is 3.01. The van der Waals surface area contributed by atoms with Crippen molar-refractivity contribution >= 4 is 5.82 Å². The molecule has 2 rings (SSSR count). The third-order valence-electron chi connectivity index (χ3n) is 2.66. The molecule has 0 atom stereocenters. The summed E-state index contributed by atoms with van der Waals surface area (Å²) in [4.78, 5) is 4.13. The van der Waals surface area contributed by atoms with Gasteiger partial charge in [-0.25, -0.2) is 9.37 Å². The topological polar surface area (TPSA) is 37.0 Å². The van der Waals surface area contributed by atoms with Crippen LogP contribution in [0.2, 0.25) is 0 Å². The Labute approximate surface area is 102 Å². The summed E-state index contributed by atoms with van der Waals surface area (Å²) in [5.74, 6) is 0.530. The molecule has 0 radical (unpaired) electrons. The van der Waals surface area contributed by atoms with Gasteiger partial charge in [-0.1, -0.05) is 0 Å². The second-order valence-electron chi connectivity index (χ2n) is 5.68. The van der Waals surface area contributed by atoms with Crippen molar-refractivity contribution in [3.8, 4) is 0 Å². The summed E-state index contributed by atoms with van der Waals surface area (Å²) in [6, 6.07) is 2.08. The van der Waals surface area contributed by atoms with Gasteiger partial charge in [-0.05, 0) is 39.7 Å². The fraction of sp³-hybridized carbons (Fsp3) is 0.615. The lowest BCUT2D eigenvalue weighted by molar-refractivity contribution is 0.423. The van der Waals surface area contributed by atoms with Crippen molar-refractivity contribution in [2.24, 2.45) is 0 Å². The van der Waals surface area contributed by atoms with Crippen molar-refractivity contribution < 1.29 is 4.39 Å². The van der Waals surface area contributed by atoms with Crippen LogP contribution in [0.15, 0.2) is 12.3 Å². The van der Waals surface area contributed by atoms with Gasteiger partial charge >= 0.3 is 0 Å². The quantitative estimate of drug-likeness (QED) is 0.845. The van der Waals surface area contributed by atoms with Gasteiger partial charge in [-0.2, -0.15) is 0 Å². The van der Waals surface area contributed by atoms with Crippen molar-refractivity contribution in [3.63, 3.8) is 0 Å². The van der Waals surface area contributed by atoms with E-state index in [1.165, 1.54) is 19.0 Å². The monoisotopic (exact) mass is 237 g/mol. The largest absolute Gasteiger partial charge is 0.367 e. The highest BCUT2D eigenvalue weighted by Crippen LogP contribution is 2.25. The molecule has 0 unspecified atom stereocenters. The van der Waals surface area contributed by atoms with Crippen molar-refractivity contribution in [2.45, 2.75) is 51.7 Å². The lowest BCUT2D eigenvalue weighted by Crippen LogP contribution is -2.35. The highest BCUT2D eigenvalue weighted by atomic mass is 19.1. The Kier molecular flexibility index (Phi) is 3.33. The smallest absolute Gasteiger partial charge is 0.141 e. The van der Waals surface area contributed by atoms with E-state index in [9.17, 15) is 4.39 Å². The minimum Gasteiger partial charge on any atom is -0.367 e. The molecule has 2 N–H and O–H groups in total. The summed E-state index contributed by atoms with van der Waals surface area (Å²) in [6.45, 7) is 6.90. The van der Waals surface area contributed by atoms with Gasteiger partial charge in [0.05, 0.1) is 6.20 Å². The lowest BCUT2D eigenvalue weighted by atomic mass is 10.1. The summed E-state index contributed by atoms with van der Waals surface area (Å²) in [6.07, 6.45) is 3.64. The van der Waals surface area contributed by atoms with Crippen molar-refractivity contribution in [1.29, 1.82) is 0 Å². The summed E-state index contributed by atoms with van der Waals surface area (Å²) in [7, 11) is 0. The van der Waals surface area contributed by atoms with Crippen LogP contribution >= 0.6 is 0 Å². The van der Waals surface area contributed by atoms with Gasteiger partial charge in [-0.3, -0.25) is 0 Å². The molecule has 0 aromatic carbocycles. The Hall–Kier alpha value is -1.16. The third kappa shape index (κ3) is 3.97. The van der Waals surface area contributed by atoms with E-state index in [1.54, 1.807) is 6.07 Å². The van der Waals surface area contributed by atoms with Crippen molar-refractivity contribution in [3.05, 3.63) is 23.6 Å². The number of anilines is 1. The van der Waals surface area contributed by atoms with E-state index in [1.807, 2.05) is 0 Å². The fourth-order valence-corrected chi connectivity index (χ4v) is 1.53. The Morgan fingerprint density at radius 3 is 2.71 bits per heavy atom. The van der Waals surface area contributed by atoms with Crippen LogP contribution in [0.1, 0.15) is 39.2 Å². The molecule has 0 aliphatic heterocycles. The molecule has 1 aromatic heterocycles. The molecule has 17 heavy (non-hydrogen) atoms. The molecule has 1 aliphatic carbocycles. The Bertz CT molecular complexity index is 394. The van der Waals surface area contributed by atoms with E-state index < -0.39 is 0 Å². The van der Waals surface area contributed by atoms with E-state index in [0.717, 1.165) is 11.4 Å². The van der Waals surface area contributed by atoms with E-state index in [4.69, 9.17) is 0 Å². The molecule has 0 amide bonds. The van der Waals surface area contributed by atoms with Crippen molar-refractivity contribution in [1.82, 2.24) is 10.3 Å². The second kappa shape index (κ2) is 4.61. The van der Waals surface area contributed by atoms with Crippen LogP contribution in [-0.2, 0) is 6.54 Å². The van der Waals surface area contributed by atoms with Gasteiger partial charge in [-0.15, -0.1) is 0 Å². The van der Waals surface area contributed by atoms with Crippen LogP contribution in [0.3, 0.4) is 0 Å². The van der Waals surface area contributed by atoms with Crippen LogP contribution in [0.5, 0.6) is 0 Å². The summed E-state index contributed by atoms with van der Waals surface area (Å²) in [5, 5.41) is 6.68. The van der Waals surface area contributed by atoms with Crippen LogP contribution in [0.25, 0.3) is 0 Å². The zero-order valence-electron chi connectivity index (χ0n) is 10.7. The zero-order valence-corrected chi connectivity index (χ0v) is 10.7. The number of nitrogens with one attached hydrogen (secondary N) is 2. The van der Waals surface area contributed by atoms with E-state index in [-0.39, 0.29) is 11.4 Å². The summed E-state index contributed by atoms with van der Waals surface area (Å²) < 4.78 is 13.2. The first-order valence-electron chi connectivity index (χ1n) is 6.10. The maximum Gasteiger partial charge on any atom is 0.141 e. The summed E-state index contributed by atoms with van der Waals surface area (Å²) >= 11 is 0. The molecule has 1 aromatic rings. The first-order chi connectivity index (χ1) is 7.94. The molecule has 4 heteroatoms. The second-order valence-corrected chi connectivity index (χ2v) is 5.68. The lowest BCUT2D eigenvalue weighted by Gasteiger charge is -2.21. The molecule has 0 saturated heterocycles. The van der Waals surface area contributed by atoms with E-state index in [0.29, 0.717) is 12.6 Å². The maximum atomic E-state index is 13.2. The highest BCUT2D eigenvalue weighted by molar-refractivity contribution is 5.45. The van der Waals surface area contributed by atoms with Gasteiger partial charge in [0, 0.05) is 23.7 Å². The van der Waals surface area contributed by atoms with Crippen LogP contribution in [-0.4, -0.2) is 16.6 Å². The number of halogens is 1. The number of pyridine rings is 1. The summed E-state index contributed by atoms with van der Waals surface area (Å²) in [5.41, 5.74) is 0.912.